The summed E-state index contributed by atoms with van der Waals surface area (Å²) < 4.78 is 13.7. The minimum Gasteiger partial charge on any atom is -0.327 e. The molecular weight excluding hydrogens is 280 g/mol. The molecule has 1 aromatic carbocycles. The van der Waals surface area contributed by atoms with E-state index in [-0.39, 0.29) is 17.3 Å². The topological polar surface area (TPSA) is 26.0 Å². The van der Waals surface area contributed by atoms with Gasteiger partial charge in [0.1, 0.15) is 5.82 Å². The van der Waals surface area contributed by atoms with Crippen LogP contribution in [0.2, 0.25) is 5.02 Å². The standard InChI is InChI=1S/C11H12BrClFN/c1-6(15)11(2-3-11)7-4-8(12)10(14)5-9(7)13/h4-6H,2-3,15H2,1H3. The Balaban J connectivity index is 2.49. The lowest BCUT2D eigenvalue weighted by Gasteiger charge is -2.21. The maximum Gasteiger partial charge on any atom is 0.138 e. The molecule has 4 heteroatoms. The van der Waals surface area contributed by atoms with Gasteiger partial charge in [-0.25, -0.2) is 4.39 Å². The molecule has 15 heavy (non-hydrogen) atoms. The van der Waals surface area contributed by atoms with Gasteiger partial charge in [0.2, 0.25) is 0 Å². The van der Waals surface area contributed by atoms with Gasteiger partial charge in [0.15, 0.2) is 0 Å². The van der Waals surface area contributed by atoms with E-state index >= 15 is 0 Å². The van der Waals surface area contributed by atoms with Crippen LogP contribution < -0.4 is 5.73 Å². The third kappa shape index (κ3) is 1.81. The summed E-state index contributed by atoms with van der Waals surface area (Å²) in [6, 6.07) is 3.16. The van der Waals surface area contributed by atoms with Crippen LogP contribution in [0.25, 0.3) is 0 Å². The molecule has 0 heterocycles. The Kier molecular flexibility index (Phi) is 2.82. The van der Waals surface area contributed by atoms with Gasteiger partial charge in [-0.2, -0.15) is 0 Å². The van der Waals surface area contributed by atoms with Crippen LogP contribution in [-0.2, 0) is 5.41 Å². The third-order valence-electron chi connectivity index (χ3n) is 3.21. The Morgan fingerprint density at radius 2 is 2.13 bits per heavy atom. The molecule has 1 saturated carbocycles. The summed E-state index contributed by atoms with van der Waals surface area (Å²) in [6.07, 6.45) is 2.06. The van der Waals surface area contributed by atoms with Crippen LogP contribution in [-0.4, -0.2) is 6.04 Å². The van der Waals surface area contributed by atoms with Crippen LogP contribution in [0.5, 0.6) is 0 Å². The van der Waals surface area contributed by atoms with Crippen molar-refractivity contribution in [3.63, 3.8) is 0 Å². The number of benzene rings is 1. The van der Waals surface area contributed by atoms with E-state index in [0.717, 1.165) is 18.4 Å². The number of nitrogens with two attached hydrogens (primary N) is 1. The monoisotopic (exact) mass is 291 g/mol. The van der Waals surface area contributed by atoms with Crippen molar-refractivity contribution in [2.24, 2.45) is 5.73 Å². The highest BCUT2D eigenvalue weighted by molar-refractivity contribution is 9.10. The molecule has 0 aliphatic heterocycles. The Morgan fingerprint density at radius 3 is 2.60 bits per heavy atom. The van der Waals surface area contributed by atoms with Crippen molar-refractivity contribution < 1.29 is 4.39 Å². The van der Waals surface area contributed by atoms with E-state index < -0.39 is 0 Å². The molecule has 1 unspecified atom stereocenters. The minimum atomic E-state index is -0.329. The summed E-state index contributed by atoms with van der Waals surface area (Å²) in [4.78, 5) is 0. The highest BCUT2D eigenvalue weighted by atomic mass is 79.9. The van der Waals surface area contributed by atoms with Gasteiger partial charge < -0.3 is 5.73 Å². The average molecular weight is 293 g/mol. The molecule has 1 atom stereocenters. The first-order valence-electron chi connectivity index (χ1n) is 4.88. The van der Waals surface area contributed by atoms with Crippen molar-refractivity contribution in [1.29, 1.82) is 0 Å². The molecule has 1 fully saturated rings. The first kappa shape index (κ1) is 11.4. The van der Waals surface area contributed by atoms with Crippen molar-refractivity contribution in [3.8, 4) is 0 Å². The van der Waals surface area contributed by atoms with Crippen LogP contribution in [0, 0.1) is 5.82 Å². The highest BCUT2D eigenvalue weighted by Crippen LogP contribution is 2.53. The number of halogens is 3. The number of rotatable bonds is 2. The van der Waals surface area contributed by atoms with Crippen LogP contribution in [0.3, 0.4) is 0 Å². The molecule has 82 valence electrons. The van der Waals surface area contributed by atoms with Gasteiger partial charge in [-0.3, -0.25) is 0 Å². The van der Waals surface area contributed by atoms with Gasteiger partial charge in [0.25, 0.3) is 0 Å². The van der Waals surface area contributed by atoms with E-state index in [4.69, 9.17) is 17.3 Å². The van der Waals surface area contributed by atoms with E-state index in [2.05, 4.69) is 15.9 Å². The minimum absolute atomic E-state index is 0.0344. The maximum absolute atomic E-state index is 13.2. The summed E-state index contributed by atoms with van der Waals surface area (Å²) in [7, 11) is 0. The predicted molar refractivity (Wildman–Crippen MR) is 63.7 cm³/mol. The zero-order valence-electron chi connectivity index (χ0n) is 8.36. The van der Waals surface area contributed by atoms with E-state index in [9.17, 15) is 4.39 Å². The fraction of sp³-hybridized carbons (Fsp3) is 0.455. The molecule has 1 nitrogen and oxygen atoms in total. The largest absolute Gasteiger partial charge is 0.327 e. The van der Waals surface area contributed by atoms with E-state index in [1.807, 2.05) is 6.92 Å². The molecule has 0 bridgehead atoms. The molecule has 1 aliphatic rings. The molecule has 0 saturated heterocycles. The molecule has 0 radical (unpaired) electrons. The van der Waals surface area contributed by atoms with Gasteiger partial charge in [0.05, 0.1) is 4.47 Å². The molecule has 2 rings (SSSR count). The van der Waals surface area contributed by atoms with Crippen molar-refractivity contribution in [2.45, 2.75) is 31.2 Å². The Labute approximate surface area is 102 Å². The Bertz CT molecular complexity index is 402. The van der Waals surface area contributed by atoms with Gasteiger partial charge in [-0.15, -0.1) is 0 Å². The second-order valence-electron chi connectivity index (χ2n) is 4.19. The summed E-state index contributed by atoms with van der Waals surface area (Å²) >= 11 is 9.23. The molecule has 1 aliphatic carbocycles. The molecule has 1 aromatic rings. The summed E-state index contributed by atoms with van der Waals surface area (Å²) in [5.41, 5.74) is 6.88. The Hall–Kier alpha value is -0.120. The summed E-state index contributed by atoms with van der Waals surface area (Å²) in [5.74, 6) is -0.329. The maximum atomic E-state index is 13.2. The first-order chi connectivity index (χ1) is 6.97. The van der Waals surface area contributed by atoms with Crippen LogP contribution in [0.15, 0.2) is 16.6 Å². The summed E-state index contributed by atoms with van der Waals surface area (Å²) in [6.45, 7) is 1.97. The van der Waals surface area contributed by atoms with Gasteiger partial charge in [-0.1, -0.05) is 11.6 Å². The van der Waals surface area contributed by atoms with E-state index in [1.54, 1.807) is 6.07 Å². The van der Waals surface area contributed by atoms with E-state index in [1.165, 1.54) is 6.07 Å². The normalized spacial score (nSPS) is 20.1. The quantitative estimate of drug-likeness (QED) is 0.828. The average Bonchev–Trinajstić information content (AvgIpc) is 2.92. The second kappa shape index (κ2) is 3.72. The van der Waals surface area contributed by atoms with Gasteiger partial charge >= 0.3 is 0 Å². The van der Waals surface area contributed by atoms with Crippen molar-refractivity contribution in [1.82, 2.24) is 0 Å². The fourth-order valence-corrected chi connectivity index (χ4v) is 2.69. The lowest BCUT2D eigenvalue weighted by atomic mass is 9.89. The zero-order chi connectivity index (χ0) is 11.2. The van der Waals surface area contributed by atoms with Crippen LogP contribution in [0.4, 0.5) is 4.39 Å². The zero-order valence-corrected chi connectivity index (χ0v) is 10.7. The van der Waals surface area contributed by atoms with Crippen LogP contribution in [0.1, 0.15) is 25.3 Å². The van der Waals surface area contributed by atoms with Crippen molar-refractivity contribution >= 4 is 27.5 Å². The van der Waals surface area contributed by atoms with Crippen molar-refractivity contribution in [3.05, 3.63) is 33.0 Å². The predicted octanol–water partition coefficient (Wildman–Crippen LogP) is 3.62. The fourth-order valence-electron chi connectivity index (χ4n) is 2.01. The summed E-state index contributed by atoms with van der Waals surface area (Å²) in [5, 5.41) is 0.477. The lowest BCUT2D eigenvalue weighted by molar-refractivity contribution is 0.553. The molecule has 0 amide bonds. The van der Waals surface area contributed by atoms with Crippen molar-refractivity contribution in [2.75, 3.05) is 0 Å². The lowest BCUT2D eigenvalue weighted by Crippen LogP contribution is -2.31. The smallest absolute Gasteiger partial charge is 0.138 e. The Morgan fingerprint density at radius 1 is 1.53 bits per heavy atom. The number of hydrogen-bond acceptors (Lipinski definition) is 1. The van der Waals surface area contributed by atoms with Gasteiger partial charge in [0, 0.05) is 16.5 Å². The second-order valence-corrected chi connectivity index (χ2v) is 5.45. The van der Waals surface area contributed by atoms with Gasteiger partial charge in [-0.05, 0) is 53.4 Å². The van der Waals surface area contributed by atoms with Crippen LogP contribution >= 0.6 is 27.5 Å². The molecule has 2 N–H and O–H groups in total. The third-order valence-corrected chi connectivity index (χ3v) is 4.13. The molecule has 0 aromatic heterocycles. The first-order valence-corrected chi connectivity index (χ1v) is 6.05. The highest BCUT2D eigenvalue weighted by Gasteiger charge is 2.48. The molecular formula is C11H12BrClFN. The van der Waals surface area contributed by atoms with E-state index in [0.29, 0.717) is 9.50 Å². The SMILES string of the molecule is CC(N)C1(c2cc(Br)c(F)cc2Cl)CC1. The molecule has 0 spiro atoms. The number of hydrogen-bond donors (Lipinski definition) is 1.